The molecule has 0 saturated carbocycles. The van der Waals surface area contributed by atoms with Crippen molar-refractivity contribution in [2.45, 2.75) is 4.90 Å². The molecule has 1 heterocycles. The van der Waals surface area contributed by atoms with Gasteiger partial charge in [-0.25, -0.2) is 4.39 Å². The van der Waals surface area contributed by atoms with Crippen molar-refractivity contribution in [2.24, 2.45) is 0 Å². The first-order valence-corrected chi connectivity index (χ1v) is 7.51. The molecule has 1 aromatic carbocycles. The molecule has 1 aromatic rings. The molecule has 4 nitrogen and oxygen atoms in total. The monoisotopic (exact) mass is 316 g/mol. The largest absolute Gasteiger partial charge is 0.342 e. The van der Waals surface area contributed by atoms with Crippen molar-refractivity contribution < 1.29 is 14.0 Å². The Hall–Kier alpha value is -1.27. The minimum atomic E-state index is -0.416. The van der Waals surface area contributed by atoms with Crippen LogP contribution < -0.4 is 0 Å². The number of rotatable bonds is 4. The zero-order chi connectivity index (χ0) is 14.5. The Morgan fingerprint density at radius 3 is 2.65 bits per heavy atom. The first-order valence-electron chi connectivity index (χ1n) is 6.15. The number of halogens is 2. The van der Waals surface area contributed by atoms with Gasteiger partial charge in [-0.1, -0.05) is 11.6 Å². The average molecular weight is 317 g/mol. The van der Waals surface area contributed by atoms with Gasteiger partial charge in [-0.15, -0.1) is 11.8 Å². The van der Waals surface area contributed by atoms with Gasteiger partial charge >= 0.3 is 0 Å². The maximum absolute atomic E-state index is 13.6. The van der Waals surface area contributed by atoms with Gasteiger partial charge in [0.1, 0.15) is 5.82 Å². The van der Waals surface area contributed by atoms with Crippen LogP contribution in [0, 0.1) is 5.82 Å². The van der Waals surface area contributed by atoms with E-state index in [0.29, 0.717) is 36.1 Å². The molecule has 2 amide bonds. The molecule has 0 radical (unpaired) electrons. The van der Waals surface area contributed by atoms with Crippen molar-refractivity contribution in [1.29, 1.82) is 0 Å². The van der Waals surface area contributed by atoms with E-state index in [4.69, 9.17) is 11.6 Å². The molecule has 0 unspecified atom stereocenters. The van der Waals surface area contributed by atoms with Crippen LogP contribution in [0.5, 0.6) is 0 Å². The van der Waals surface area contributed by atoms with Gasteiger partial charge in [0, 0.05) is 36.1 Å². The van der Waals surface area contributed by atoms with Gasteiger partial charge in [-0.2, -0.15) is 0 Å². The summed E-state index contributed by atoms with van der Waals surface area (Å²) in [4.78, 5) is 26.3. The molecular formula is C13H14ClFN2O2S. The van der Waals surface area contributed by atoms with Crippen molar-refractivity contribution in [2.75, 3.05) is 31.9 Å². The number of amides is 2. The molecular weight excluding hydrogens is 303 g/mol. The van der Waals surface area contributed by atoms with Gasteiger partial charge in [-0.3, -0.25) is 9.59 Å². The Morgan fingerprint density at radius 2 is 2.05 bits per heavy atom. The van der Waals surface area contributed by atoms with E-state index < -0.39 is 5.82 Å². The van der Waals surface area contributed by atoms with E-state index in [1.165, 1.54) is 6.07 Å². The number of thioether (sulfide) groups is 1. The highest BCUT2D eigenvalue weighted by atomic mass is 35.5. The summed E-state index contributed by atoms with van der Waals surface area (Å²) in [5.41, 5.74) is 0. The van der Waals surface area contributed by atoms with Crippen molar-refractivity contribution >= 4 is 35.7 Å². The summed E-state index contributed by atoms with van der Waals surface area (Å²) in [6, 6.07) is 4.40. The van der Waals surface area contributed by atoms with Gasteiger partial charge in [0.05, 0.1) is 5.75 Å². The second-order valence-corrected chi connectivity index (χ2v) is 5.84. The summed E-state index contributed by atoms with van der Waals surface area (Å²) < 4.78 is 13.6. The van der Waals surface area contributed by atoms with E-state index in [1.54, 1.807) is 21.9 Å². The van der Waals surface area contributed by atoms with Gasteiger partial charge in [0.2, 0.25) is 12.3 Å². The number of hydrogen-bond donors (Lipinski definition) is 0. The van der Waals surface area contributed by atoms with E-state index in [0.717, 1.165) is 18.2 Å². The van der Waals surface area contributed by atoms with Gasteiger partial charge in [-0.05, 0) is 18.2 Å². The first-order chi connectivity index (χ1) is 9.60. The minimum absolute atomic E-state index is 0.0464. The number of nitrogens with zero attached hydrogens (tertiary/aromatic N) is 2. The maximum Gasteiger partial charge on any atom is 0.233 e. The Balaban J connectivity index is 1.85. The number of piperazine rings is 1. The van der Waals surface area contributed by atoms with Crippen molar-refractivity contribution in [3.8, 4) is 0 Å². The Morgan fingerprint density at radius 1 is 1.35 bits per heavy atom. The summed E-state index contributed by atoms with van der Waals surface area (Å²) in [7, 11) is 0. The van der Waals surface area contributed by atoms with Crippen LogP contribution in [0.4, 0.5) is 4.39 Å². The standard InChI is InChI=1S/C13H14ClFN2O2S/c14-10-1-2-12(11(15)7-10)20-8-13(19)17-5-3-16(9-18)4-6-17/h1-2,7,9H,3-6,8H2. The molecule has 0 bridgehead atoms. The van der Waals surface area contributed by atoms with Crippen LogP contribution in [-0.4, -0.2) is 54.0 Å². The molecule has 7 heteroatoms. The number of hydrogen-bond acceptors (Lipinski definition) is 3. The molecule has 0 aromatic heterocycles. The van der Waals surface area contributed by atoms with E-state index in [-0.39, 0.29) is 11.7 Å². The fourth-order valence-corrected chi connectivity index (χ4v) is 2.88. The van der Waals surface area contributed by atoms with Gasteiger partial charge in [0.25, 0.3) is 0 Å². The van der Waals surface area contributed by atoms with Crippen molar-refractivity contribution in [3.63, 3.8) is 0 Å². The smallest absolute Gasteiger partial charge is 0.233 e. The SMILES string of the molecule is O=CN1CCN(C(=O)CSc2ccc(Cl)cc2F)CC1. The fraction of sp³-hybridized carbons (Fsp3) is 0.385. The van der Waals surface area contributed by atoms with Crippen LogP contribution in [0.2, 0.25) is 5.02 Å². The maximum atomic E-state index is 13.6. The molecule has 2 rings (SSSR count). The lowest BCUT2D eigenvalue weighted by atomic mass is 10.3. The second-order valence-electron chi connectivity index (χ2n) is 4.39. The van der Waals surface area contributed by atoms with Crippen LogP contribution in [-0.2, 0) is 9.59 Å². The highest BCUT2D eigenvalue weighted by molar-refractivity contribution is 8.00. The van der Waals surface area contributed by atoms with Crippen LogP contribution in [0.1, 0.15) is 0 Å². The third-order valence-corrected chi connectivity index (χ3v) is 4.33. The fourth-order valence-electron chi connectivity index (χ4n) is 1.90. The van der Waals surface area contributed by atoms with Crippen LogP contribution >= 0.6 is 23.4 Å². The molecule has 1 aliphatic heterocycles. The molecule has 1 saturated heterocycles. The quantitative estimate of drug-likeness (QED) is 0.629. The second kappa shape index (κ2) is 6.95. The predicted octanol–water partition coefficient (Wildman–Crippen LogP) is 1.87. The minimum Gasteiger partial charge on any atom is -0.342 e. The Labute approximate surface area is 125 Å². The first kappa shape index (κ1) is 15.1. The van der Waals surface area contributed by atoms with Crippen LogP contribution in [0.3, 0.4) is 0 Å². The van der Waals surface area contributed by atoms with E-state index in [1.807, 2.05) is 0 Å². The zero-order valence-corrected chi connectivity index (χ0v) is 12.3. The van der Waals surface area contributed by atoms with Crippen LogP contribution in [0.15, 0.2) is 23.1 Å². The summed E-state index contributed by atoms with van der Waals surface area (Å²) in [5, 5.41) is 0.336. The summed E-state index contributed by atoms with van der Waals surface area (Å²) in [6.45, 7) is 2.16. The van der Waals surface area contributed by atoms with Crippen molar-refractivity contribution in [3.05, 3.63) is 29.0 Å². The molecule has 1 fully saturated rings. The Bertz CT molecular complexity index is 507. The number of benzene rings is 1. The average Bonchev–Trinajstić information content (AvgIpc) is 2.46. The molecule has 0 spiro atoms. The molecule has 0 N–H and O–H groups in total. The molecule has 20 heavy (non-hydrogen) atoms. The predicted molar refractivity (Wildman–Crippen MR) is 76.4 cm³/mol. The van der Waals surface area contributed by atoms with Crippen LogP contribution in [0.25, 0.3) is 0 Å². The number of carbonyl (C=O) groups excluding carboxylic acids is 2. The third-order valence-electron chi connectivity index (χ3n) is 3.06. The normalized spacial score (nSPS) is 15.3. The lowest BCUT2D eigenvalue weighted by Crippen LogP contribution is -2.48. The lowest BCUT2D eigenvalue weighted by molar-refractivity contribution is -0.132. The summed E-state index contributed by atoms with van der Waals surface area (Å²) >= 11 is 6.83. The molecule has 108 valence electrons. The third kappa shape index (κ3) is 3.86. The zero-order valence-electron chi connectivity index (χ0n) is 10.7. The molecule has 0 aliphatic carbocycles. The topological polar surface area (TPSA) is 40.6 Å². The van der Waals surface area contributed by atoms with E-state index in [2.05, 4.69) is 0 Å². The number of carbonyl (C=O) groups is 2. The highest BCUT2D eigenvalue weighted by Gasteiger charge is 2.20. The Kier molecular flexibility index (Phi) is 5.25. The molecule has 1 aliphatic rings. The van der Waals surface area contributed by atoms with Crippen molar-refractivity contribution in [1.82, 2.24) is 9.80 Å². The summed E-state index contributed by atoms with van der Waals surface area (Å²) in [6.07, 6.45) is 0.791. The highest BCUT2D eigenvalue weighted by Crippen LogP contribution is 2.24. The van der Waals surface area contributed by atoms with Gasteiger partial charge in [0.15, 0.2) is 0 Å². The lowest BCUT2D eigenvalue weighted by Gasteiger charge is -2.32. The van der Waals surface area contributed by atoms with E-state index >= 15 is 0 Å². The van der Waals surface area contributed by atoms with Gasteiger partial charge < -0.3 is 9.80 Å². The summed E-state index contributed by atoms with van der Waals surface area (Å²) in [5.74, 6) is -0.282. The van der Waals surface area contributed by atoms with E-state index in [9.17, 15) is 14.0 Å². The molecule has 0 atom stereocenters.